The monoisotopic (exact) mass is 523 g/mol. The summed E-state index contributed by atoms with van der Waals surface area (Å²) in [5.74, 6) is -3.07. The number of nitrogens with zero attached hydrogens (tertiary/aromatic N) is 5. The number of aromatic nitrogens is 4. The third kappa shape index (κ3) is 4.67. The zero-order valence-electron chi connectivity index (χ0n) is 19.4. The molecule has 2 aliphatic rings. The smallest absolute Gasteiger partial charge is 0.252 e. The number of hydrogen-bond acceptors (Lipinski definition) is 6. The summed E-state index contributed by atoms with van der Waals surface area (Å²) in [4.78, 5) is 4.33. The summed E-state index contributed by atoms with van der Waals surface area (Å²) in [7, 11) is 0. The summed E-state index contributed by atoms with van der Waals surface area (Å²) in [6.07, 6.45) is 4.75. The molecule has 2 heterocycles. The Morgan fingerprint density at radius 3 is 2.59 bits per heavy atom. The number of pyridine rings is 1. The number of hydrogen-bond donors (Lipinski definition) is 2. The topological polar surface area (TPSA) is 91.5 Å². The molecule has 7 nitrogen and oxygen atoms in total. The van der Waals surface area contributed by atoms with Gasteiger partial charge in [-0.25, -0.2) is 17.9 Å². The molecule has 0 amide bonds. The summed E-state index contributed by atoms with van der Waals surface area (Å²) in [6, 6.07) is 11.1. The molecule has 2 aromatic carbocycles. The molecule has 1 atom stereocenters. The predicted molar refractivity (Wildman–Crippen MR) is 133 cm³/mol. The van der Waals surface area contributed by atoms with E-state index in [1.165, 1.54) is 18.3 Å². The molecule has 2 fully saturated rings. The average Bonchev–Trinajstić information content (AvgIpc) is 3.59. The first-order valence-electron chi connectivity index (χ1n) is 11.9. The summed E-state index contributed by atoms with van der Waals surface area (Å²) in [5.41, 5.74) is 3.09. The van der Waals surface area contributed by atoms with Crippen molar-refractivity contribution >= 4 is 33.9 Å². The van der Waals surface area contributed by atoms with Gasteiger partial charge in [-0.2, -0.15) is 5.26 Å². The molecular formula is C26H21ClF3N7. The van der Waals surface area contributed by atoms with Crippen LogP contribution in [0.2, 0.25) is 5.02 Å². The maximum absolute atomic E-state index is 13.7. The number of fused-ring (bicyclic) bond motifs is 1. The maximum atomic E-state index is 13.7. The molecule has 2 saturated carbocycles. The molecule has 2 aromatic heterocycles. The number of nitrogens with one attached hydrogen (secondary N) is 2. The zero-order valence-corrected chi connectivity index (χ0v) is 20.2. The van der Waals surface area contributed by atoms with Crippen LogP contribution in [0.5, 0.6) is 0 Å². The van der Waals surface area contributed by atoms with Gasteiger partial charge in [-0.05, 0) is 42.7 Å². The van der Waals surface area contributed by atoms with Crippen LogP contribution in [-0.2, 0) is 0 Å². The Bertz CT molecular complexity index is 1520. The number of anilines is 2. The summed E-state index contributed by atoms with van der Waals surface area (Å²) in [6.45, 7) is 0. The lowest BCUT2D eigenvalue weighted by molar-refractivity contribution is -0.0793. The second-order valence-corrected chi connectivity index (χ2v) is 10.0. The Morgan fingerprint density at radius 1 is 1.16 bits per heavy atom. The normalized spacial score (nSPS) is 17.7. The standard InChI is InChI=1S/C26H21ClF3N7/c27-21-8-17(7-20-23(15(11-31)12-32-25(20)21)34-18-9-26(29,30)10-18)33-24(14-1-3-16(28)4-2-14)22-13-37(36-35-22)19-5-6-19/h1-4,7-8,12-13,18-19,24,33H,5-6,9-10H2,(H,32,34). The number of halogens is 4. The first-order valence-corrected chi connectivity index (χ1v) is 12.3. The zero-order chi connectivity index (χ0) is 25.7. The second kappa shape index (κ2) is 8.92. The lowest BCUT2D eigenvalue weighted by Gasteiger charge is -2.36. The molecule has 2 N–H and O–H groups in total. The van der Waals surface area contributed by atoms with E-state index in [9.17, 15) is 18.4 Å². The average molecular weight is 524 g/mol. The third-order valence-electron chi connectivity index (χ3n) is 6.74. The van der Waals surface area contributed by atoms with Crippen molar-refractivity contribution in [1.29, 1.82) is 5.26 Å². The molecule has 0 bridgehead atoms. The van der Waals surface area contributed by atoms with Crippen molar-refractivity contribution in [2.45, 2.75) is 49.7 Å². The van der Waals surface area contributed by atoms with Gasteiger partial charge < -0.3 is 10.6 Å². The van der Waals surface area contributed by atoms with Crippen LogP contribution in [0.1, 0.15) is 54.6 Å². The van der Waals surface area contributed by atoms with E-state index in [0.717, 1.165) is 18.4 Å². The van der Waals surface area contributed by atoms with Gasteiger partial charge in [-0.3, -0.25) is 4.98 Å². The minimum Gasteiger partial charge on any atom is -0.380 e. The van der Waals surface area contributed by atoms with E-state index in [2.05, 4.69) is 32.0 Å². The molecule has 6 rings (SSSR count). The highest BCUT2D eigenvalue weighted by Crippen LogP contribution is 2.42. The van der Waals surface area contributed by atoms with Gasteiger partial charge in [0.15, 0.2) is 0 Å². The Hall–Kier alpha value is -3.84. The molecule has 1 unspecified atom stereocenters. The van der Waals surface area contributed by atoms with Crippen molar-refractivity contribution in [3.8, 4) is 6.07 Å². The van der Waals surface area contributed by atoms with Gasteiger partial charge in [-0.15, -0.1) is 5.10 Å². The Kier molecular flexibility index (Phi) is 5.68. The lowest BCUT2D eigenvalue weighted by Crippen LogP contribution is -2.44. The summed E-state index contributed by atoms with van der Waals surface area (Å²) in [5, 5.41) is 25.7. The van der Waals surface area contributed by atoms with Gasteiger partial charge in [0.2, 0.25) is 0 Å². The molecule has 0 radical (unpaired) electrons. The van der Waals surface area contributed by atoms with Crippen LogP contribution < -0.4 is 10.6 Å². The Morgan fingerprint density at radius 2 is 1.92 bits per heavy atom. The molecule has 188 valence electrons. The van der Waals surface area contributed by atoms with Crippen LogP contribution in [0.3, 0.4) is 0 Å². The van der Waals surface area contributed by atoms with Gasteiger partial charge >= 0.3 is 0 Å². The highest BCUT2D eigenvalue weighted by Gasteiger charge is 2.45. The van der Waals surface area contributed by atoms with E-state index in [4.69, 9.17) is 11.6 Å². The van der Waals surface area contributed by atoms with Crippen LogP contribution in [0.15, 0.2) is 48.8 Å². The highest BCUT2D eigenvalue weighted by molar-refractivity contribution is 6.35. The van der Waals surface area contributed by atoms with E-state index < -0.39 is 18.0 Å². The first-order chi connectivity index (χ1) is 17.8. The van der Waals surface area contributed by atoms with Crippen molar-refractivity contribution in [3.63, 3.8) is 0 Å². The number of alkyl halides is 2. The van der Waals surface area contributed by atoms with Gasteiger partial charge in [0.1, 0.15) is 17.6 Å². The van der Waals surface area contributed by atoms with Crippen molar-refractivity contribution in [3.05, 3.63) is 76.5 Å². The molecule has 37 heavy (non-hydrogen) atoms. The van der Waals surface area contributed by atoms with Crippen molar-refractivity contribution in [1.82, 2.24) is 20.0 Å². The fourth-order valence-corrected chi connectivity index (χ4v) is 4.91. The number of benzene rings is 2. The molecule has 4 aromatic rings. The molecule has 2 aliphatic carbocycles. The Balaban J connectivity index is 1.40. The molecule has 0 saturated heterocycles. The molecular weight excluding hydrogens is 503 g/mol. The van der Waals surface area contributed by atoms with E-state index in [1.54, 1.807) is 24.3 Å². The summed E-state index contributed by atoms with van der Waals surface area (Å²) < 4.78 is 42.5. The van der Waals surface area contributed by atoms with Crippen molar-refractivity contribution < 1.29 is 13.2 Å². The third-order valence-corrected chi connectivity index (χ3v) is 7.03. The molecule has 11 heteroatoms. The van der Waals surface area contributed by atoms with E-state index in [0.29, 0.717) is 39.0 Å². The fourth-order valence-electron chi connectivity index (χ4n) is 4.64. The van der Waals surface area contributed by atoms with E-state index >= 15 is 0 Å². The molecule has 0 spiro atoms. The highest BCUT2D eigenvalue weighted by atomic mass is 35.5. The van der Waals surface area contributed by atoms with E-state index in [1.807, 2.05) is 10.9 Å². The number of rotatable bonds is 7. The summed E-state index contributed by atoms with van der Waals surface area (Å²) >= 11 is 6.59. The second-order valence-electron chi connectivity index (χ2n) is 9.60. The van der Waals surface area contributed by atoms with Gasteiger partial charge in [-0.1, -0.05) is 28.9 Å². The SMILES string of the molecule is N#Cc1cnc2c(Cl)cc(NC(c3ccc(F)cc3)c3cn(C4CC4)nn3)cc2c1NC1CC(F)(F)C1. The fraction of sp³-hybridized carbons (Fsp3) is 0.308. The van der Waals surface area contributed by atoms with Gasteiger partial charge in [0.05, 0.1) is 40.1 Å². The largest absolute Gasteiger partial charge is 0.380 e. The van der Waals surface area contributed by atoms with Crippen LogP contribution in [0.4, 0.5) is 24.5 Å². The van der Waals surface area contributed by atoms with Crippen LogP contribution in [0.25, 0.3) is 10.9 Å². The maximum Gasteiger partial charge on any atom is 0.252 e. The van der Waals surface area contributed by atoms with Crippen molar-refractivity contribution in [2.24, 2.45) is 0 Å². The predicted octanol–water partition coefficient (Wildman–Crippen LogP) is 6.24. The quantitative estimate of drug-likeness (QED) is 0.298. The van der Waals surface area contributed by atoms with Crippen molar-refractivity contribution in [2.75, 3.05) is 10.6 Å². The van der Waals surface area contributed by atoms with Gasteiger partial charge in [0, 0.05) is 36.2 Å². The van der Waals surface area contributed by atoms with Crippen LogP contribution in [-0.4, -0.2) is 31.9 Å². The van der Waals surface area contributed by atoms with Crippen LogP contribution in [0, 0.1) is 17.1 Å². The van der Waals surface area contributed by atoms with E-state index in [-0.39, 0.29) is 24.2 Å². The van der Waals surface area contributed by atoms with Crippen LogP contribution >= 0.6 is 11.6 Å². The lowest BCUT2D eigenvalue weighted by atomic mass is 9.87. The molecule has 0 aliphatic heterocycles. The van der Waals surface area contributed by atoms with Gasteiger partial charge in [0.25, 0.3) is 5.92 Å². The minimum atomic E-state index is -2.71. The number of nitriles is 1. The minimum absolute atomic E-state index is 0.235. The first kappa shape index (κ1) is 23.6. The Labute approximate surface area is 215 Å².